The Morgan fingerprint density at radius 1 is 1.20 bits per heavy atom. The first-order valence-electron chi connectivity index (χ1n) is 9.88. The largest absolute Gasteiger partial charge is 0.349 e. The van der Waals surface area contributed by atoms with Gasteiger partial charge >= 0.3 is 0 Å². The zero-order chi connectivity index (χ0) is 21.1. The monoisotopic (exact) mass is 420 g/mol. The Balaban J connectivity index is 1.39. The second-order valence-electron chi connectivity index (χ2n) is 7.40. The molecule has 1 fully saturated rings. The smallest absolute Gasteiger partial charge is 0.227 e. The molecule has 154 valence electrons. The van der Waals surface area contributed by atoms with E-state index >= 15 is 0 Å². The SMILES string of the molecule is CSc1cccc(N2C[C@@H](C(=O)N[C@H](C)c3ccc(-n4ccnc4)cc3)CC2=O)c1. The maximum absolute atomic E-state index is 12.8. The summed E-state index contributed by atoms with van der Waals surface area (Å²) in [6, 6.07) is 15.7. The van der Waals surface area contributed by atoms with Gasteiger partial charge in [-0.2, -0.15) is 0 Å². The minimum atomic E-state index is -0.344. The molecular weight excluding hydrogens is 396 g/mol. The van der Waals surface area contributed by atoms with Crippen LogP contribution < -0.4 is 10.2 Å². The summed E-state index contributed by atoms with van der Waals surface area (Å²) in [5.41, 5.74) is 2.88. The first kappa shape index (κ1) is 20.2. The summed E-state index contributed by atoms with van der Waals surface area (Å²) < 4.78 is 1.93. The molecule has 0 unspecified atom stereocenters. The minimum Gasteiger partial charge on any atom is -0.349 e. The van der Waals surface area contributed by atoms with E-state index in [-0.39, 0.29) is 30.2 Å². The third-order valence-electron chi connectivity index (χ3n) is 5.42. The lowest BCUT2D eigenvalue weighted by Crippen LogP contribution is -2.34. The molecule has 7 heteroatoms. The van der Waals surface area contributed by atoms with Crippen LogP contribution in [-0.4, -0.2) is 34.2 Å². The third kappa shape index (κ3) is 4.26. The van der Waals surface area contributed by atoms with Crippen LogP contribution in [0.4, 0.5) is 5.69 Å². The number of benzene rings is 2. The van der Waals surface area contributed by atoms with E-state index in [1.165, 1.54) is 0 Å². The van der Waals surface area contributed by atoms with Crippen LogP contribution in [0.1, 0.15) is 24.9 Å². The summed E-state index contributed by atoms with van der Waals surface area (Å²) in [5.74, 6) is -0.438. The van der Waals surface area contributed by atoms with E-state index in [4.69, 9.17) is 0 Å². The first-order chi connectivity index (χ1) is 14.5. The van der Waals surface area contributed by atoms with Crippen LogP contribution in [0.15, 0.2) is 72.1 Å². The number of thioether (sulfide) groups is 1. The average Bonchev–Trinajstić information content (AvgIpc) is 3.44. The first-order valence-corrected chi connectivity index (χ1v) is 11.1. The second-order valence-corrected chi connectivity index (χ2v) is 8.28. The molecule has 2 heterocycles. The van der Waals surface area contributed by atoms with Crippen LogP contribution >= 0.6 is 11.8 Å². The Hall–Kier alpha value is -3.06. The maximum atomic E-state index is 12.8. The molecule has 0 saturated carbocycles. The maximum Gasteiger partial charge on any atom is 0.227 e. The van der Waals surface area contributed by atoms with E-state index in [0.29, 0.717) is 6.54 Å². The molecular formula is C23H24N4O2S. The Labute approximate surface area is 180 Å². The fraction of sp³-hybridized carbons (Fsp3) is 0.261. The Morgan fingerprint density at radius 2 is 2.00 bits per heavy atom. The summed E-state index contributed by atoms with van der Waals surface area (Å²) >= 11 is 1.63. The van der Waals surface area contributed by atoms with Gasteiger partial charge in [-0.05, 0) is 49.1 Å². The molecule has 1 aliphatic heterocycles. The van der Waals surface area contributed by atoms with Crippen LogP contribution in [0.2, 0.25) is 0 Å². The van der Waals surface area contributed by atoms with Crippen molar-refractivity contribution < 1.29 is 9.59 Å². The second kappa shape index (κ2) is 8.75. The van der Waals surface area contributed by atoms with Crippen LogP contribution in [0, 0.1) is 5.92 Å². The lowest BCUT2D eigenvalue weighted by Gasteiger charge is -2.19. The number of carbonyl (C=O) groups excluding carboxylic acids is 2. The molecule has 2 aromatic carbocycles. The quantitative estimate of drug-likeness (QED) is 0.616. The van der Waals surface area contributed by atoms with Crippen molar-refractivity contribution in [3.8, 4) is 5.69 Å². The van der Waals surface area contributed by atoms with Gasteiger partial charge in [0, 0.05) is 41.6 Å². The van der Waals surface area contributed by atoms with Gasteiger partial charge in [-0.3, -0.25) is 9.59 Å². The Morgan fingerprint density at radius 3 is 2.70 bits per heavy atom. The van der Waals surface area contributed by atoms with Crippen LogP contribution in [0.5, 0.6) is 0 Å². The van der Waals surface area contributed by atoms with Gasteiger partial charge in [-0.25, -0.2) is 4.98 Å². The van der Waals surface area contributed by atoms with E-state index < -0.39 is 0 Å². The molecule has 4 rings (SSSR count). The molecule has 3 aromatic rings. The number of imidazole rings is 1. The highest BCUT2D eigenvalue weighted by atomic mass is 32.2. The number of hydrogen-bond donors (Lipinski definition) is 1. The van der Waals surface area contributed by atoms with Crippen molar-refractivity contribution in [2.75, 3.05) is 17.7 Å². The van der Waals surface area contributed by atoms with E-state index in [2.05, 4.69) is 10.3 Å². The highest BCUT2D eigenvalue weighted by Crippen LogP contribution is 2.28. The topological polar surface area (TPSA) is 67.2 Å². The summed E-state index contributed by atoms with van der Waals surface area (Å²) in [6.45, 7) is 2.37. The number of aromatic nitrogens is 2. The average molecular weight is 421 g/mol. The number of amides is 2. The molecule has 1 aromatic heterocycles. The molecule has 0 spiro atoms. The van der Waals surface area contributed by atoms with E-state index in [1.54, 1.807) is 29.2 Å². The number of rotatable bonds is 6. The number of nitrogens with zero attached hydrogens (tertiary/aromatic N) is 3. The number of nitrogens with one attached hydrogen (secondary N) is 1. The lowest BCUT2D eigenvalue weighted by molar-refractivity contribution is -0.126. The van der Waals surface area contributed by atoms with Crippen LogP contribution in [-0.2, 0) is 9.59 Å². The molecule has 2 amide bonds. The fourth-order valence-electron chi connectivity index (χ4n) is 3.67. The molecule has 2 atom stereocenters. The van der Waals surface area contributed by atoms with Gasteiger partial charge in [0.2, 0.25) is 11.8 Å². The van der Waals surface area contributed by atoms with Gasteiger partial charge in [0.05, 0.1) is 18.3 Å². The van der Waals surface area contributed by atoms with E-state index in [0.717, 1.165) is 21.8 Å². The van der Waals surface area contributed by atoms with E-state index in [1.807, 2.05) is 72.5 Å². The Kier molecular flexibility index (Phi) is 5.90. The number of anilines is 1. The van der Waals surface area contributed by atoms with Crippen molar-refractivity contribution in [1.29, 1.82) is 0 Å². The van der Waals surface area contributed by atoms with Crippen LogP contribution in [0.25, 0.3) is 5.69 Å². The summed E-state index contributed by atoms with van der Waals surface area (Å²) in [4.78, 5) is 32.2. The highest BCUT2D eigenvalue weighted by molar-refractivity contribution is 7.98. The predicted molar refractivity (Wildman–Crippen MR) is 119 cm³/mol. The predicted octanol–water partition coefficient (Wildman–Crippen LogP) is 3.82. The van der Waals surface area contributed by atoms with Gasteiger partial charge in [-0.15, -0.1) is 11.8 Å². The molecule has 0 radical (unpaired) electrons. The van der Waals surface area contributed by atoms with Gasteiger partial charge < -0.3 is 14.8 Å². The standard InChI is InChI=1S/C23H24N4O2S/c1-16(17-6-8-19(9-7-17)26-11-10-24-15-26)25-23(29)18-12-22(28)27(14-18)20-4-3-5-21(13-20)30-2/h3-11,13,15-16,18H,12,14H2,1-2H3,(H,25,29)/t16-,18+/m1/s1. The number of hydrogen-bond acceptors (Lipinski definition) is 4. The van der Waals surface area contributed by atoms with Crippen LogP contribution in [0.3, 0.4) is 0 Å². The van der Waals surface area contributed by atoms with Crippen molar-refractivity contribution in [3.05, 3.63) is 72.8 Å². The molecule has 0 aliphatic carbocycles. The van der Waals surface area contributed by atoms with Crippen molar-refractivity contribution in [2.45, 2.75) is 24.3 Å². The fourth-order valence-corrected chi connectivity index (χ4v) is 4.13. The molecule has 0 bridgehead atoms. The Bertz CT molecular complexity index is 1030. The van der Waals surface area contributed by atoms with Crippen molar-refractivity contribution in [3.63, 3.8) is 0 Å². The lowest BCUT2D eigenvalue weighted by atomic mass is 10.0. The van der Waals surface area contributed by atoms with Gasteiger partial charge in [0.25, 0.3) is 0 Å². The molecule has 1 saturated heterocycles. The van der Waals surface area contributed by atoms with Crippen molar-refractivity contribution in [2.24, 2.45) is 5.92 Å². The van der Waals surface area contributed by atoms with Gasteiger partial charge in [0.1, 0.15) is 0 Å². The molecule has 1 aliphatic rings. The zero-order valence-corrected chi connectivity index (χ0v) is 17.8. The van der Waals surface area contributed by atoms with Gasteiger partial charge in [0.15, 0.2) is 0 Å². The summed E-state index contributed by atoms with van der Waals surface area (Å²) in [7, 11) is 0. The van der Waals surface area contributed by atoms with E-state index in [9.17, 15) is 9.59 Å². The third-order valence-corrected chi connectivity index (χ3v) is 6.14. The number of carbonyl (C=O) groups is 2. The summed E-state index contributed by atoms with van der Waals surface area (Å²) in [5, 5.41) is 3.07. The van der Waals surface area contributed by atoms with Crippen molar-refractivity contribution in [1.82, 2.24) is 14.9 Å². The molecule has 6 nitrogen and oxygen atoms in total. The molecule has 1 N–H and O–H groups in total. The van der Waals surface area contributed by atoms with Gasteiger partial charge in [-0.1, -0.05) is 18.2 Å². The summed E-state index contributed by atoms with van der Waals surface area (Å²) in [6.07, 6.45) is 7.61. The zero-order valence-electron chi connectivity index (χ0n) is 17.0. The minimum absolute atomic E-state index is 0.00857. The highest BCUT2D eigenvalue weighted by Gasteiger charge is 2.35. The van der Waals surface area contributed by atoms with Crippen molar-refractivity contribution >= 4 is 29.3 Å². The molecule has 30 heavy (non-hydrogen) atoms. The normalized spacial score (nSPS) is 17.2.